The third-order valence-corrected chi connectivity index (χ3v) is 6.23. The summed E-state index contributed by atoms with van der Waals surface area (Å²) in [6.45, 7) is 4.25. The molecule has 0 radical (unpaired) electrons. The van der Waals surface area contributed by atoms with Gasteiger partial charge in [-0.05, 0) is 77.4 Å². The third-order valence-electron chi connectivity index (χ3n) is 6.23. The molecule has 0 saturated heterocycles. The molecule has 0 heterocycles. The molecule has 0 amide bonds. The summed E-state index contributed by atoms with van der Waals surface area (Å²) in [6, 6.07) is 21.7. The molecule has 0 aliphatic rings. The van der Waals surface area contributed by atoms with Gasteiger partial charge in [0.25, 0.3) is 0 Å². The van der Waals surface area contributed by atoms with Gasteiger partial charge in [0.05, 0.1) is 0 Å². The number of halogens is 4. The summed E-state index contributed by atoms with van der Waals surface area (Å²) >= 11 is 0. The van der Waals surface area contributed by atoms with Crippen LogP contribution in [0, 0.1) is 35.1 Å². The predicted molar refractivity (Wildman–Crippen MR) is 138 cm³/mol. The molecule has 4 heteroatoms. The number of hydrogen-bond acceptors (Lipinski definition) is 0. The maximum Gasteiger partial charge on any atom is 0.198 e. The van der Waals surface area contributed by atoms with Crippen LogP contribution in [-0.2, 0) is 12.8 Å². The van der Waals surface area contributed by atoms with Crippen molar-refractivity contribution in [3.05, 3.63) is 118 Å². The number of unbranched alkanes of at least 4 members (excludes halogenated alkanes) is 1. The van der Waals surface area contributed by atoms with E-state index in [9.17, 15) is 17.6 Å². The SMILES string of the molecule is CCCCc1ccc(C#Cc2ccc(-c3ccc(-c4cc(F)c(F)c(F)c4F)cc3)cc2CC)cc1. The Morgan fingerprint density at radius 2 is 1.31 bits per heavy atom. The highest BCUT2D eigenvalue weighted by atomic mass is 19.2. The summed E-state index contributed by atoms with van der Waals surface area (Å²) in [6.07, 6.45) is 4.24. The van der Waals surface area contributed by atoms with E-state index in [0.29, 0.717) is 6.07 Å². The van der Waals surface area contributed by atoms with E-state index >= 15 is 0 Å². The highest BCUT2D eigenvalue weighted by molar-refractivity contribution is 5.72. The van der Waals surface area contributed by atoms with Crippen LogP contribution in [0.4, 0.5) is 17.6 Å². The lowest BCUT2D eigenvalue weighted by atomic mass is 9.96. The normalized spacial score (nSPS) is 10.7. The molecule has 0 atom stereocenters. The maximum absolute atomic E-state index is 14.2. The van der Waals surface area contributed by atoms with Crippen LogP contribution in [0.15, 0.2) is 72.8 Å². The predicted octanol–water partition coefficient (Wildman–Crippen LogP) is 8.88. The van der Waals surface area contributed by atoms with Crippen molar-refractivity contribution in [1.29, 1.82) is 0 Å². The second-order valence-corrected chi connectivity index (χ2v) is 8.70. The quantitative estimate of drug-likeness (QED) is 0.110. The largest absolute Gasteiger partial charge is 0.204 e. The van der Waals surface area contributed by atoms with Gasteiger partial charge in [0, 0.05) is 16.7 Å². The van der Waals surface area contributed by atoms with E-state index in [2.05, 4.69) is 56.0 Å². The van der Waals surface area contributed by atoms with E-state index in [0.717, 1.165) is 40.7 Å². The van der Waals surface area contributed by atoms with Crippen molar-refractivity contribution < 1.29 is 17.6 Å². The van der Waals surface area contributed by atoms with Crippen molar-refractivity contribution in [1.82, 2.24) is 0 Å². The summed E-state index contributed by atoms with van der Waals surface area (Å²) in [7, 11) is 0. The minimum Gasteiger partial charge on any atom is -0.204 e. The van der Waals surface area contributed by atoms with Gasteiger partial charge in [0.2, 0.25) is 0 Å². The van der Waals surface area contributed by atoms with Crippen molar-refractivity contribution in [3.63, 3.8) is 0 Å². The lowest BCUT2D eigenvalue weighted by Crippen LogP contribution is -1.98. The highest BCUT2D eigenvalue weighted by Crippen LogP contribution is 2.30. The Morgan fingerprint density at radius 3 is 1.97 bits per heavy atom. The summed E-state index contributed by atoms with van der Waals surface area (Å²) < 4.78 is 54.7. The van der Waals surface area contributed by atoms with Crippen LogP contribution in [0.25, 0.3) is 22.3 Å². The van der Waals surface area contributed by atoms with Gasteiger partial charge in [0.1, 0.15) is 0 Å². The highest BCUT2D eigenvalue weighted by Gasteiger charge is 2.19. The fraction of sp³-hybridized carbons (Fsp3) is 0.188. The Hall–Kier alpha value is -3.84. The summed E-state index contributed by atoms with van der Waals surface area (Å²) in [5.41, 5.74) is 6.08. The van der Waals surface area contributed by atoms with Crippen molar-refractivity contribution in [2.45, 2.75) is 39.5 Å². The molecule has 4 rings (SSSR count). The standard InChI is InChI=1S/C32H26F4/c1-3-5-6-21-7-9-22(10-8-21)11-12-24-15-18-27(19-23(24)4-2)25-13-16-26(17-14-25)28-20-29(33)31(35)32(36)30(28)34/h7-10,13-20H,3-6H2,1-2H3. The first-order chi connectivity index (χ1) is 17.4. The van der Waals surface area contributed by atoms with Crippen LogP contribution in [-0.4, -0.2) is 0 Å². The second kappa shape index (κ2) is 11.3. The Kier molecular flexibility index (Phi) is 7.90. The lowest BCUT2D eigenvalue weighted by Gasteiger charge is -2.09. The average molecular weight is 487 g/mol. The van der Waals surface area contributed by atoms with Crippen molar-refractivity contribution in [3.8, 4) is 34.1 Å². The van der Waals surface area contributed by atoms with Gasteiger partial charge in [-0.1, -0.05) is 74.6 Å². The van der Waals surface area contributed by atoms with Crippen molar-refractivity contribution >= 4 is 0 Å². The smallest absolute Gasteiger partial charge is 0.198 e. The van der Waals surface area contributed by atoms with Gasteiger partial charge in [0.15, 0.2) is 23.3 Å². The van der Waals surface area contributed by atoms with E-state index in [-0.39, 0.29) is 11.1 Å². The zero-order chi connectivity index (χ0) is 25.7. The van der Waals surface area contributed by atoms with Crippen LogP contribution in [0.3, 0.4) is 0 Å². The minimum atomic E-state index is -1.81. The van der Waals surface area contributed by atoms with Crippen LogP contribution >= 0.6 is 0 Å². The van der Waals surface area contributed by atoms with Crippen molar-refractivity contribution in [2.24, 2.45) is 0 Å². The molecule has 0 aliphatic carbocycles. The van der Waals surface area contributed by atoms with Gasteiger partial charge in [-0.25, -0.2) is 17.6 Å². The Balaban J connectivity index is 1.56. The number of benzene rings is 4. The molecule has 0 unspecified atom stereocenters. The summed E-state index contributed by atoms with van der Waals surface area (Å²) in [5, 5.41) is 0. The molecule has 0 aliphatic heterocycles. The summed E-state index contributed by atoms with van der Waals surface area (Å²) in [4.78, 5) is 0. The molecule has 0 nitrogen and oxygen atoms in total. The van der Waals surface area contributed by atoms with Crippen LogP contribution in [0.5, 0.6) is 0 Å². The van der Waals surface area contributed by atoms with E-state index in [4.69, 9.17) is 0 Å². The first-order valence-corrected chi connectivity index (χ1v) is 12.1. The van der Waals surface area contributed by atoms with Gasteiger partial charge in [-0.15, -0.1) is 0 Å². The first kappa shape index (κ1) is 25.3. The maximum atomic E-state index is 14.2. The zero-order valence-electron chi connectivity index (χ0n) is 20.3. The average Bonchev–Trinajstić information content (AvgIpc) is 2.92. The minimum absolute atomic E-state index is 0.257. The summed E-state index contributed by atoms with van der Waals surface area (Å²) in [5.74, 6) is 0.0671. The number of rotatable bonds is 6. The van der Waals surface area contributed by atoms with E-state index < -0.39 is 23.3 Å². The van der Waals surface area contributed by atoms with E-state index in [1.165, 1.54) is 18.4 Å². The monoisotopic (exact) mass is 486 g/mol. The Labute approximate surface area is 209 Å². The van der Waals surface area contributed by atoms with Gasteiger partial charge in [-0.3, -0.25) is 0 Å². The molecule has 182 valence electrons. The molecular weight excluding hydrogens is 460 g/mol. The Morgan fingerprint density at radius 1 is 0.639 bits per heavy atom. The number of aryl methyl sites for hydroxylation is 2. The fourth-order valence-corrected chi connectivity index (χ4v) is 4.09. The van der Waals surface area contributed by atoms with Gasteiger partial charge >= 0.3 is 0 Å². The zero-order valence-corrected chi connectivity index (χ0v) is 20.3. The van der Waals surface area contributed by atoms with Crippen LogP contribution in [0.2, 0.25) is 0 Å². The molecule has 0 N–H and O–H groups in total. The molecular formula is C32H26F4. The Bertz CT molecular complexity index is 1420. The third kappa shape index (κ3) is 5.52. The molecule has 36 heavy (non-hydrogen) atoms. The van der Waals surface area contributed by atoms with Crippen molar-refractivity contribution in [2.75, 3.05) is 0 Å². The van der Waals surface area contributed by atoms with E-state index in [1.54, 1.807) is 24.3 Å². The topological polar surface area (TPSA) is 0 Å². The number of hydrogen-bond donors (Lipinski definition) is 0. The molecule has 0 bridgehead atoms. The fourth-order valence-electron chi connectivity index (χ4n) is 4.09. The first-order valence-electron chi connectivity index (χ1n) is 12.1. The molecule has 4 aromatic carbocycles. The molecule has 4 aromatic rings. The molecule has 0 fully saturated rings. The lowest BCUT2D eigenvalue weighted by molar-refractivity contribution is 0.411. The van der Waals surface area contributed by atoms with Crippen LogP contribution < -0.4 is 0 Å². The van der Waals surface area contributed by atoms with E-state index in [1.807, 2.05) is 12.1 Å². The second-order valence-electron chi connectivity index (χ2n) is 8.70. The molecule has 0 aromatic heterocycles. The van der Waals surface area contributed by atoms with Crippen LogP contribution in [0.1, 0.15) is 48.9 Å². The molecule has 0 saturated carbocycles. The van der Waals surface area contributed by atoms with Gasteiger partial charge < -0.3 is 0 Å². The molecule has 0 spiro atoms. The van der Waals surface area contributed by atoms with Gasteiger partial charge in [-0.2, -0.15) is 0 Å².